The Hall–Kier alpha value is -2.18. The smallest absolute Gasteiger partial charge is 0.257 e. The summed E-state index contributed by atoms with van der Waals surface area (Å²) in [6.07, 6.45) is 8.53. The fraction of sp³-hybridized carbons (Fsp3) is 0.625. The second-order valence-corrected chi connectivity index (χ2v) is 6.03. The van der Waals surface area contributed by atoms with Crippen molar-refractivity contribution >= 4 is 5.91 Å². The van der Waals surface area contributed by atoms with Gasteiger partial charge in [-0.05, 0) is 19.3 Å². The van der Waals surface area contributed by atoms with E-state index in [2.05, 4.69) is 22.2 Å². The highest BCUT2D eigenvalue weighted by Crippen LogP contribution is 2.29. The van der Waals surface area contributed by atoms with Crippen LogP contribution in [0.3, 0.4) is 0 Å². The van der Waals surface area contributed by atoms with Gasteiger partial charge in [0.05, 0.1) is 17.8 Å². The van der Waals surface area contributed by atoms with Crippen molar-refractivity contribution in [1.82, 2.24) is 24.8 Å². The summed E-state index contributed by atoms with van der Waals surface area (Å²) in [4.78, 5) is 19.2. The average molecular weight is 317 g/mol. The summed E-state index contributed by atoms with van der Waals surface area (Å²) in [5, 5.41) is 8.31. The third-order valence-corrected chi connectivity index (χ3v) is 4.19. The van der Waals surface area contributed by atoms with Crippen molar-refractivity contribution in [3.63, 3.8) is 0 Å². The molecule has 2 aromatic heterocycles. The first-order chi connectivity index (χ1) is 11.2. The lowest BCUT2D eigenvalue weighted by molar-refractivity contribution is 0.0670. The molecule has 124 valence electrons. The van der Waals surface area contributed by atoms with Gasteiger partial charge in [0.1, 0.15) is 0 Å². The summed E-state index contributed by atoms with van der Waals surface area (Å²) in [7, 11) is 0. The Morgan fingerprint density at radius 2 is 2.26 bits per heavy atom. The van der Waals surface area contributed by atoms with E-state index in [1.165, 1.54) is 0 Å². The summed E-state index contributed by atoms with van der Waals surface area (Å²) in [6.45, 7) is 5.40. The molecule has 2 aromatic rings. The van der Waals surface area contributed by atoms with E-state index in [4.69, 9.17) is 4.52 Å². The van der Waals surface area contributed by atoms with Crippen molar-refractivity contribution in [1.29, 1.82) is 0 Å². The van der Waals surface area contributed by atoms with Crippen LogP contribution in [0.15, 0.2) is 16.9 Å². The van der Waals surface area contributed by atoms with E-state index in [9.17, 15) is 4.79 Å². The van der Waals surface area contributed by atoms with E-state index in [0.717, 1.165) is 45.2 Å². The number of likely N-dealkylation sites (tertiary alicyclic amines) is 1. The Bertz CT molecular complexity index is 663. The molecule has 7 heteroatoms. The van der Waals surface area contributed by atoms with Gasteiger partial charge in [-0.3, -0.25) is 9.48 Å². The predicted molar refractivity (Wildman–Crippen MR) is 83.8 cm³/mol. The standard InChI is InChI=1S/C16H23N5O2/c1-3-8-20-11-13(10-17-20)16(22)21-9-6-4-5-7-14(21)15-18-12(2)23-19-15/h10-11,14H,3-9H2,1-2H3. The summed E-state index contributed by atoms with van der Waals surface area (Å²) in [5.74, 6) is 1.15. The first-order valence-electron chi connectivity index (χ1n) is 8.32. The second kappa shape index (κ2) is 6.93. The molecule has 23 heavy (non-hydrogen) atoms. The Balaban J connectivity index is 1.84. The SMILES string of the molecule is CCCn1cc(C(=O)N2CCCCCC2c2noc(C)n2)cn1. The van der Waals surface area contributed by atoms with Crippen LogP contribution in [0.1, 0.15) is 67.1 Å². The minimum atomic E-state index is -0.114. The molecule has 0 radical (unpaired) electrons. The zero-order valence-corrected chi connectivity index (χ0v) is 13.7. The number of amides is 1. The molecular weight excluding hydrogens is 294 g/mol. The van der Waals surface area contributed by atoms with Crippen LogP contribution in [-0.2, 0) is 6.54 Å². The van der Waals surface area contributed by atoms with E-state index < -0.39 is 0 Å². The molecule has 3 rings (SSSR count). The van der Waals surface area contributed by atoms with Crippen LogP contribution in [0.4, 0.5) is 0 Å². The van der Waals surface area contributed by atoms with Crippen molar-refractivity contribution in [3.8, 4) is 0 Å². The fourth-order valence-corrected chi connectivity index (χ4v) is 3.06. The molecule has 0 bridgehead atoms. The van der Waals surface area contributed by atoms with Crippen LogP contribution >= 0.6 is 0 Å². The number of carbonyl (C=O) groups excluding carboxylic acids is 1. The third-order valence-electron chi connectivity index (χ3n) is 4.19. The van der Waals surface area contributed by atoms with Gasteiger partial charge in [0.2, 0.25) is 5.89 Å². The highest BCUT2D eigenvalue weighted by Gasteiger charge is 2.31. The topological polar surface area (TPSA) is 77.0 Å². The molecule has 0 saturated carbocycles. The number of rotatable bonds is 4. The number of aryl methyl sites for hydroxylation is 2. The summed E-state index contributed by atoms with van der Waals surface area (Å²) >= 11 is 0. The molecule has 1 atom stereocenters. The van der Waals surface area contributed by atoms with Crippen molar-refractivity contribution < 1.29 is 9.32 Å². The minimum Gasteiger partial charge on any atom is -0.340 e. The van der Waals surface area contributed by atoms with E-state index in [-0.39, 0.29) is 11.9 Å². The largest absolute Gasteiger partial charge is 0.340 e. The Morgan fingerprint density at radius 1 is 1.39 bits per heavy atom. The van der Waals surface area contributed by atoms with Gasteiger partial charge >= 0.3 is 0 Å². The van der Waals surface area contributed by atoms with Crippen LogP contribution in [0.5, 0.6) is 0 Å². The van der Waals surface area contributed by atoms with E-state index in [1.54, 1.807) is 13.1 Å². The third kappa shape index (κ3) is 3.43. The Kier molecular flexibility index (Phi) is 4.73. The molecule has 0 N–H and O–H groups in total. The number of hydrogen-bond acceptors (Lipinski definition) is 5. The normalized spacial score (nSPS) is 18.9. The minimum absolute atomic E-state index is 0.00158. The maximum Gasteiger partial charge on any atom is 0.257 e. The Labute approximate surface area is 135 Å². The van der Waals surface area contributed by atoms with Crippen molar-refractivity contribution in [2.24, 2.45) is 0 Å². The van der Waals surface area contributed by atoms with E-state index in [1.807, 2.05) is 15.8 Å². The zero-order chi connectivity index (χ0) is 16.2. The van der Waals surface area contributed by atoms with Crippen molar-refractivity contribution in [3.05, 3.63) is 29.7 Å². The van der Waals surface area contributed by atoms with Crippen LogP contribution < -0.4 is 0 Å². The van der Waals surface area contributed by atoms with E-state index >= 15 is 0 Å². The molecule has 7 nitrogen and oxygen atoms in total. The number of carbonyl (C=O) groups is 1. The van der Waals surface area contributed by atoms with Crippen LogP contribution in [0, 0.1) is 6.92 Å². The lowest BCUT2D eigenvalue weighted by atomic mass is 10.1. The molecule has 0 aliphatic carbocycles. The molecule has 3 heterocycles. The van der Waals surface area contributed by atoms with Gasteiger partial charge in [-0.15, -0.1) is 0 Å². The fourth-order valence-electron chi connectivity index (χ4n) is 3.06. The second-order valence-electron chi connectivity index (χ2n) is 6.03. The average Bonchev–Trinajstić information content (AvgIpc) is 3.10. The van der Waals surface area contributed by atoms with Crippen LogP contribution in [0.2, 0.25) is 0 Å². The Morgan fingerprint density at radius 3 is 3.00 bits per heavy atom. The molecule has 1 fully saturated rings. The van der Waals surface area contributed by atoms with Crippen LogP contribution in [-0.4, -0.2) is 37.3 Å². The lowest BCUT2D eigenvalue weighted by Gasteiger charge is -2.27. The summed E-state index contributed by atoms with van der Waals surface area (Å²) in [6, 6.07) is -0.114. The molecule has 1 unspecified atom stereocenters. The van der Waals surface area contributed by atoms with Crippen LogP contribution in [0.25, 0.3) is 0 Å². The quantitative estimate of drug-likeness (QED) is 0.866. The molecule has 0 spiro atoms. The zero-order valence-electron chi connectivity index (χ0n) is 13.7. The van der Waals surface area contributed by atoms with Crippen molar-refractivity contribution in [2.45, 2.75) is 58.5 Å². The summed E-state index contributed by atoms with van der Waals surface area (Å²) in [5.41, 5.74) is 0.630. The molecule has 1 saturated heterocycles. The predicted octanol–water partition coefficient (Wildman–Crippen LogP) is 2.74. The molecule has 1 aliphatic rings. The highest BCUT2D eigenvalue weighted by molar-refractivity contribution is 5.94. The van der Waals surface area contributed by atoms with Crippen molar-refractivity contribution in [2.75, 3.05) is 6.54 Å². The van der Waals surface area contributed by atoms with Gasteiger partial charge in [0, 0.05) is 26.2 Å². The van der Waals surface area contributed by atoms with Gasteiger partial charge in [0.15, 0.2) is 5.82 Å². The van der Waals surface area contributed by atoms with Gasteiger partial charge in [0.25, 0.3) is 5.91 Å². The number of nitrogens with zero attached hydrogens (tertiary/aromatic N) is 5. The maximum atomic E-state index is 12.9. The molecule has 1 aliphatic heterocycles. The lowest BCUT2D eigenvalue weighted by Crippen LogP contribution is -2.35. The monoisotopic (exact) mass is 317 g/mol. The number of aromatic nitrogens is 4. The number of hydrogen-bond donors (Lipinski definition) is 0. The maximum absolute atomic E-state index is 12.9. The van der Waals surface area contributed by atoms with Gasteiger partial charge < -0.3 is 9.42 Å². The molecular formula is C16H23N5O2. The summed E-state index contributed by atoms with van der Waals surface area (Å²) < 4.78 is 6.93. The first-order valence-corrected chi connectivity index (χ1v) is 8.32. The van der Waals surface area contributed by atoms with E-state index in [0.29, 0.717) is 17.3 Å². The van der Waals surface area contributed by atoms with Gasteiger partial charge in [-0.2, -0.15) is 10.1 Å². The molecule has 1 amide bonds. The van der Waals surface area contributed by atoms with Gasteiger partial charge in [-0.1, -0.05) is 24.9 Å². The first kappa shape index (κ1) is 15.7. The molecule has 0 aromatic carbocycles. The van der Waals surface area contributed by atoms with Gasteiger partial charge in [-0.25, -0.2) is 0 Å². The highest BCUT2D eigenvalue weighted by atomic mass is 16.5.